The number of nitrogens with one attached hydrogen (secondary N) is 1. The molecule has 0 aromatic heterocycles. The maximum Gasteiger partial charge on any atom is 0.327 e. The van der Waals surface area contributed by atoms with Crippen molar-refractivity contribution < 1.29 is 19.5 Å². The Morgan fingerprint density at radius 3 is 2.48 bits per heavy atom. The molecule has 4 unspecified atom stereocenters. The minimum Gasteiger partial charge on any atom is -0.480 e. The smallest absolute Gasteiger partial charge is 0.327 e. The van der Waals surface area contributed by atoms with E-state index in [1.165, 1.54) is 16.7 Å². The van der Waals surface area contributed by atoms with E-state index in [9.17, 15) is 19.5 Å². The molecule has 134 valence electrons. The highest BCUT2D eigenvalue weighted by Gasteiger charge is 2.64. The molecule has 3 rings (SSSR count). The van der Waals surface area contributed by atoms with Gasteiger partial charge in [0.05, 0.1) is 0 Å². The summed E-state index contributed by atoms with van der Waals surface area (Å²) in [6.45, 7) is 5.52. The van der Waals surface area contributed by atoms with E-state index in [2.05, 4.69) is 5.32 Å². The Labute approximate surface area is 149 Å². The SMILES string of the molecule is Cc1ccc(C(N)C(=O)NC2C(=O)N3C2SC(C)(C)C3C(=O)O)cc1. The molecule has 2 aliphatic heterocycles. The lowest BCUT2D eigenvalue weighted by atomic mass is 9.95. The fourth-order valence-electron chi connectivity index (χ4n) is 3.31. The van der Waals surface area contributed by atoms with Gasteiger partial charge in [-0.25, -0.2) is 4.79 Å². The van der Waals surface area contributed by atoms with Gasteiger partial charge in [0.2, 0.25) is 11.8 Å². The van der Waals surface area contributed by atoms with Crippen LogP contribution < -0.4 is 11.1 Å². The average Bonchev–Trinajstić information content (AvgIpc) is 2.80. The van der Waals surface area contributed by atoms with E-state index in [1.807, 2.05) is 19.1 Å². The van der Waals surface area contributed by atoms with Crippen molar-refractivity contribution in [2.24, 2.45) is 5.73 Å². The summed E-state index contributed by atoms with van der Waals surface area (Å²) in [5, 5.41) is 11.7. The zero-order chi connectivity index (χ0) is 18.5. The standard InChI is InChI=1S/C17H21N3O4S/c1-8-4-6-9(7-5-8)10(18)13(21)19-11-14(22)20-12(16(23)24)17(2,3)25-15(11)20/h4-7,10-12,15H,18H2,1-3H3,(H,19,21)(H,23,24). The van der Waals surface area contributed by atoms with Crippen LogP contribution in [-0.2, 0) is 14.4 Å². The number of nitrogens with zero attached hydrogens (tertiary/aromatic N) is 1. The van der Waals surface area contributed by atoms with E-state index in [-0.39, 0.29) is 11.3 Å². The van der Waals surface area contributed by atoms with Crippen LogP contribution in [0.2, 0.25) is 0 Å². The number of hydrogen-bond acceptors (Lipinski definition) is 5. The summed E-state index contributed by atoms with van der Waals surface area (Å²) >= 11 is 1.39. The highest BCUT2D eigenvalue weighted by atomic mass is 32.2. The lowest BCUT2D eigenvalue weighted by Gasteiger charge is -2.43. The van der Waals surface area contributed by atoms with Gasteiger partial charge in [-0.05, 0) is 26.3 Å². The van der Waals surface area contributed by atoms with Gasteiger partial charge in [-0.15, -0.1) is 11.8 Å². The first-order valence-electron chi connectivity index (χ1n) is 7.99. The van der Waals surface area contributed by atoms with Crippen LogP contribution in [0.3, 0.4) is 0 Å². The molecule has 0 aliphatic carbocycles. The number of benzene rings is 1. The van der Waals surface area contributed by atoms with Crippen LogP contribution in [0.4, 0.5) is 0 Å². The summed E-state index contributed by atoms with van der Waals surface area (Å²) in [5.41, 5.74) is 7.71. The molecule has 2 amide bonds. The average molecular weight is 363 g/mol. The third kappa shape index (κ3) is 2.89. The van der Waals surface area contributed by atoms with Crippen molar-refractivity contribution in [2.45, 2.75) is 49.0 Å². The molecule has 0 radical (unpaired) electrons. The second kappa shape index (κ2) is 6.03. The third-order valence-corrected chi connectivity index (χ3v) is 6.26. The van der Waals surface area contributed by atoms with Crippen molar-refractivity contribution in [3.05, 3.63) is 35.4 Å². The summed E-state index contributed by atoms with van der Waals surface area (Å²) < 4.78 is -0.620. The zero-order valence-corrected chi connectivity index (χ0v) is 15.0. The molecular weight excluding hydrogens is 342 g/mol. The van der Waals surface area contributed by atoms with Gasteiger partial charge in [0.25, 0.3) is 0 Å². The van der Waals surface area contributed by atoms with Crippen LogP contribution in [0.5, 0.6) is 0 Å². The topological polar surface area (TPSA) is 113 Å². The minimum atomic E-state index is -1.03. The van der Waals surface area contributed by atoms with Gasteiger partial charge in [0.1, 0.15) is 23.5 Å². The lowest BCUT2D eigenvalue weighted by molar-refractivity contribution is -0.161. The number of nitrogens with two attached hydrogens (primary N) is 1. The quantitative estimate of drug-likeness (QED) is 0.676. The lowest BCUT2D eigenvalue weighted by Crippen LogP contribution is -2.71. The molecule has 2 heterocycles. The van der Waals surface area contributed by atoms with Crippen molar-refractivity contribution in [2.75, 3.05) is 0 Å². The van der Waals surface area contributed by atoms with Crippen molar-refractivity contribution in [3.8, 4) is 0 Å². The number of hydrogen-bond donors (Lipinski definition) is 3. The second-order valence-corrected chi connectivity index (χ2v) is 8.74. The van der Waals surface area contributed by atoms with Gasteiger partial charge in [-0.1, -0.05) is 29.8 Å². The number of fused-ring (bicyclic) bond motifs is 1. The minimum absolute atomic E-state index is 0.375. The molecular formula is C17H21N3O4S. The maximum absolute atomic E-state index is 12.4. The van der Waals surface area contributed by atoms with E-state index in [0.717, 1.165) is 5.56 Å². The molecule has 0 spiro atoms. The maximum atomic E-state index is 12.4. The van der Waals surface area contributed by atoms with Crippen LogP contribution in [-0.4, -0.2) is 50.0 Å². The number of carbonyl (C=O) groups is 3. The molecule has 4 atom stereocenters. The summed E-state index contributed by atoms with van der Waals surface area (Å²) in [7, 11) is 0. The molecule has 0 bridgehead atoms. The molecule has 2 fully saturated rings. The Morgan fingerprint density at radius 2 is 1.92 bits per heavy atom. The van der Waals surface area contributed by atoms with Gasteiger partial charge in [-0.3, -0.25) is 9.59 Å². The number of rotatable bonds is 4. The van der Waals surface area contributed by atoms with E-state index >= 15 is 0 Å². The predicted molar refractivity (Wildman–Crippen MR) is 93.8 cm³/mol. The van der Waals surface area contributed by atoms with Crippen molar-refractivity contribution in [1.29, 1.82) is 0 Å². The Balaban J connectivity index is 1.70. The van der Waals surface area contributed by atoms with Crippen LogP contribution in [0.15, 0.2) is 24.3 Å². The largest absolute Gasteiger partial charge is 0.480 e. The Hall–Kier alpha value is -2.06. The fraction of sp³-hybridized carbons (Fsp3) is 0.471. The first-order chi connectivity index (χ1) is 11.6. The number of thioether (sulfide) groups is 1. The van der Waals surface area contributed by atoms with E-state index in [4.69, 9.17) is 5.73 Å². The number of amides is 2. The van der Waals surface area contributed by atoms with E-state index < -0.39 is 34.7 Å². The molecule has 25 heavy (non-hydrogen) atoms. The van der Waals surface area contributed by atoms with Gasteiger partial charge in [0.15, 0.2) is 0 Å². The normalized spacial score (nSPS) is 28.1. The van der Waals surface area contributed by atoms with Crippen molar-refractivity contribution >= 4 is 29.5 Å². The van der Waals surface area contributed by atoms with Crippen molar-refractivity contribution in [1.82, 2.24) is 10.2 Å². The highest BCUT2D eigenvalue weighted by molar-refractivity contribution is 8.01. The molecule has 1 aromatic carbocycles. The molecule has 0 saturated carbocycles. The second-order valence-electron chi connectivity index (χ2n) is 6.97. The highest BCUT2D eigenvalue weighted by Crippen LogP contribution is 2.50. The predicted octanol–water partition coefficient (Wildman–Crippen LogP) is 0.627. The Morgan fingerprint density at radius 1 is 1.32 bits per heavy atom. The number of carboxylic acids is 1. The molecule has 4 N–H and O–H groups in total. The molecule has 8 heteroatoms. The molecule has 7 nitrogen and oxygen atoms in total. The van der Waals surface area contributed by atoms with Gasteiger partial charge in [0, 0.05) is 4.75 Å². The van der Waals surface area contributed by atoms with Crippen LogP contribution >= 0.6 is 11.8 Å². The summed E-state index contributed by atoms with van der Waals surface area (Å²) in [5.74, 6) is -1.85. The summed E-state index contributed by atoms with van der Waals surface area (Å²) in [6, 6.07) is 4.78. The number of aryl methyl sites for hydroxylation is 1. The first-order valence-corrected chi connectivity index (χ1v) is 8.87. The van der Waals surface area contributed by atoms with Gasteiger partial charge < -0.3 is 21.1 Å². The summed E-state index contributed by atoms with van der Waals surface area (Å²) in [4.78, 5) is 37.6. The number of aliphatic carboxylic acids is 1. The number of β-lactam (4-membered cyclic amide) rings is 1. The van der Waals surface area contributed by atoms with E-state index in [1.54, 1.807) is 26.0 Å². The molecule has 2 saturated heterocycles. The van der Waals surface area contributed by atoms with Crippen molar-refractivity contribution in [3.63, 3.8) is 0 Å². The zero-order valence-electron chi connectivity index (χ0n) is 14.2. The van der Waals surface area contributed by atoms with Gasteiger partial charge in [-0.2, -0.15) is 0 Å². The fourth-order valence-corrected chi connectivity index (χ4v) is 4.94. The van der Waals surface area contributed by atoms with Crippen LogP contribution in [0, 0.1) is 6.92 Å². The Kier molecular flexibility index (Phi) is 4.28. The third-order valence-electron chi connectivity index (χ3n) is 4.69. The molecule has 2 aliphatic rings. The Bertz CT molecular complexity index is 734. The molecule has 1 aromatic rings. The van der Waals surface area contributed by atoms with E-state index in [0.29, 0.717) is 5.56 Å². The number of carboxylic acid groups (broad SMARTS) is 1. The first kappa shape index (κ1) is 17.8. The number of carbonyl (C=O) groups excluding carboxylic acids is 2. The van der Waals surface area contributed by atoms with Gasteiger partial charge >= 0.3 is 5.97 Å². The van der Waals surface area contributed by atoms with Crippen LogP contribution in [0.25, 0.3) is 0 Å². The van der Waals surface area contributed by atoms with Crippen LogP contribution in [0.1, 0.15) is 31.0 Å². The monoisotopic (exact) mass is 363 g/mol. The summed E-state index contributed by atoms with van der Waals surface area (Å²) in [6.07, 6.45) is 0.